The second kappa shape index (κ2) is 3.14. The van der Waals surface area contributed by atoms with E-state index < -0.39 is 24.1 Å². The molecule has 0 bridgehead atoms. The van der Waals surface area contributed by atoms with Crippen LogP contribution in [0.25, 0.3) is 0 Å². The molecule has 0 radical (unpaired) electrons. The predicted octanol–water partition coefficient (Wildman–Crippen LogP) is -2.72. The third kappa shape index (κ3) is 2.00. The summed E-state index contributed by atoms with van der Waals surface area (Å²) in [6, 6.07) is 0. The highest BCUT2D eigenvalue weighted by atomic mass is 16.4. The minimum absolute atomic E-state index is 1.27. The molecule has 0 saturated carbocycles. The number of aliphatic hydroxyl groups excluding tert-OH is 2. The van der Waals surface area contributed by atoms with Crippen LogP contribution in [-0.2, 0) is 9.59 Å². The molecular formula is C4H7NO5. The Kier molecular flexibility index (Phi) is 2.78. The molecular weight excluding hydrogens is 142 g/mol. The Labute approximate surface area is 55.9 Å². The zero-order valence-electron chi connectivity index (χ0n) is 4.89. The van der Waals surface area contributed by atoms with Crippen molar-refractivity contribution in [1.82, 2.24) is 0 Å². The van der Waals surface area contributed by atoms with Crippen molar-refractivity contribution in [2.45, 2.75) is 12.2 Å². The third-order valence-corrected chi connectivity index (χ3v) is 0.844. The number of carbonyl (C=O) groups is 2. The molecule has 6 nitrogen and oxygen atoms in total. The quantitative estimate of drug-likeness (QED) is 0.347. The lowest BCUT2D eigenvalue weighted by Crippen LogP contribution is -2.43. The molecule has 0 aliphatic rings. The van der Waals surface area contributed by atoms with Crippen LogP contribution >= 0.6 is 0 Å². The Morgan fingerprint density at radius 2 is 1.60 bits per heavy atom. The Hall–Kier alpha value is -1.14. The van der Waals surface area contributed by atoms with E-state index in [1.165, 1.54) is 0 Å². The average molecular weight is 149 g/mol. The van der Waals surface area contributed by atoms with Crippen LogP contribution in [-0.4, -0.2) is 39.4 Å². The lowest BCUT2D eigenvalue weighted by molar-refractivity contribution is -0.157. The molecule has 0 aromatic heterocycles. The summed E-state index contributed by atoms with van der Waals surface area (Å²) in [4.78, 5) is 19.8. The van der Waals surface area contributed by atoms with Gasteiger partial charge in [0.25, 0.3) is 0 Å². The molecule has 0 fully saturated rings. The maximum absolute atomic E-state index is 9.99. The first kappa shape index (κ1) is 8.86. The molecule has 5 N–H and O–H groups in total. The number of carboxylic acid groups (broad SMARTS) is 1. The number of amides is 1. The molecule has 0 aromatic carbocycles. The Bertz CT molecular complexity index is 138. The summed E-state index contributed by atoms with van der Waals surface area (Å²) < 4.78 is 0. The molecule has 0 aliphatic carbocycles. The summed E-state index contributed by atoms with van der Waals surface area (Å²) in [6.07, 6.45) is -4.19. The molecule has 0 aliphatic heterocycles. The van der Waals surface area contributed by atoms with Crippen LogP contribution < -0.4 is 5.73 Å². The van der Waals surface area contributed by atoms with Gasteiger partial charge in [-0.15, -0.1) is 0 Å². The van der Waals surface area contributed by atoms with Gasteiger partial charge in [-0.2, -0.15) is 0 Å². The first-order chi connectivity index (χ1) is 4.46. The summed E-state index contributed by atoms with van der Waals surface area (Å²) in [5, 5.41) is 24.9. The molecule has 2 unspecified atom stereocenters. The fourth-order valence-corrected chi connectivity index (χ4v) is 0.291. The number of nitrogens with two attached hydrogens (primary N) is 1. The normalized spacial score (nSPS) is 15.8. The predicted molar refractivity (Wildman–Crippen MR) is 28.8 cm³/mol. The van der Waals surface area contributed by atoms with Crippen molar-refractivity contribution in [2.24, 2.45) is 5.73 Å². The van der Waals surface area contributed by atoms with Gasteiger partial charge in [0, 0.05) is 0 Å². The van der Waals surface area contributed by atoms with Crippen LogP contribution in [0.2, 0.25) is 0 Å². The fourth-order valence-electron chi connectivity index (χ4n) is 0.291. The third-order valence-electron chi connectivity index (χ3n) is 0.844. The fraction of sp³-hybridized carbons (Fsp3) is 0.500. The minimum atomic E-state index is -2.14. The van der Waals surface area contributed by atoms with Gasteiger partial charge < -0.3 is 21.1 Å². The number of carbonyl (C=O) groups excluding carboxylic acids is 1. The van der Waals surface area contributed by atoms with E-state index in [2.05, 4.69) is 5.73 Å². The van der Waals surface area contributed by atoms with Crippen molar-refractivity contribution in [3.63, 3.8) is 0 Å². The molecule has 0 rings (SSSR count). The summed E-state index contributed by atoms with van der Waals surface area (Å²) in [6.45, 7) is 0. The van der Waals surface area contributed by atoms with E-state index in [9.17, 15) is 9.59 Å². The zero-order valence-corrected chi connectivity index (χ0v) is 4.89. The Morgan fingerprint density at radius 1 is 1.20 bits per heavy atom. The van der Waals surface area contributed by atoms with E-state index in [4.69, 9.17) is 15.3 Å². The highest BCUT2D eigenvalue weighted by Gasteiger charge is 2.27. The molecule has 58 valence electrons. The molecule has 0 heterocycles. The summed E-state index contributed by atoms with van der Waals surface area (Å²) >= 11 is 0. The van der Waals surface area contributed by atoms with Crippen LogP contribution in [0.3, 0.4) is 0 Å². The van der Waals surface area contributed by atoms with Crippen LogP contribution in [0.15, 0.2) is 0 Å². The van der Waals surface area contributed by atoms with Crippen molar-refractivity contribution < 1.29 is 24.9 Å². The minimum Gasteiger partial charge on any atom is -0.479 e. The number of aliphatic carboxylic acids is 1. The highest BCUT2D eigenvalue weighted by Crippen LogP contribution is 1.91. The second-order valence-electron chi connectivity index (χ2n) is 1.63. The Balaban J connectivity index is 4.07. The topological polar surface area (TPSA) is 121 Å². The largest absolute Gasteiger partial charge is 0.479 e. The molecule has 2 atom stereocenters. The van der Waals surface area contributed by atoms with Gasteiger partial charge in [0.2, 0.25) is 5.91 Å². The van der Waals surface area contributed by atoms with Crippen LogP contribution in [0.5, 0.6) is 0 Å². The van der Waals surface area contributed by atoms with Crippen molar-refractivity contribution in [2.75, 3.05) is 0 Å². The SMILES string of the molecule is NC(=O)C(O)C(O)C(=O)O. The van der Waals surface area contributed by atoms with E-state index >= 15 is 0 Å². The lowest BCUT2D eigenvalue weighted by atomic mass is 10.2. The van der Waals surface area contributed by atoms with E-state index in [-0.39, 0.29) is 0 Å². The van der Waals surface area contributed by atoms with E-state index in [1.807, 2.05) is 0 Å². The van der Waals surface area contributed by atoms with Gasteiger partial charge in [-0.3, -0.25) is 4.79 Å². The summed E-state index contributed by atoms with van der Waals surface area (Å²) in [5.74, 6) is -2.96. The van der Waals surface area contributed by atoms with E-state index in [0.717, 1.165) is 0 Å². The second-order valence-corrected chi connectivity index (χ2v) is 1.63. The highest BCUT2D eigenvalue weighted by molar-refractivity contribution is 5.86. The number of rotatable bonds is 3. The van der Waals surface area contributed by atoms with Crippen LogP contribution in [0, 0.1) is 0 Å². The van der Waals surface area contributed by atoms with Gasteiger partial charge >= 0.3 is 5.97 Å². The van der Waals surface area contributed by atoms with Crippen LogP contribution in [0.4, 0.5) is 0 Å². The standard InChI is InChI=1S/C4H7NO5/c5-3(8)1(6)2(7)4(9)10/h1-2,6-7H,(H2,5,8)(H,9,10). The maximum atomic E-state index is 9.99. The molecule has 1 amide bonds. The van der Waals surface area contributed by atoms with Crippen molar-refractivity contribution in [3.05, 3.63) is 0 Å². The first-order valence-electron chi connectivity index (χ1n) is 2.35. The molecule has 0 spiro atoms. The van der Waals surface area contributed by atoms with Gasteiger partial charge in [-0.05, 0) is 0 Å². The van der Waals surface area contributed by atoms with Gasteiger partial charge in [0.1, 0.15) is 0 Å². The van der Waals surface area contributed by atoms with Crippen molar-refractivity contribution in [3.8, 4) is 0 Å². The van der Waals surface area contributed by atoms with Crippen molar-refractivity contribution in [1.29, 1.82) is 0 Å². The monoisotopic (exact) mass is 149 g/mol. The van der Waals surface area contributed by atoms with Crippen LogP contribution in [0.1, 0.15) is 0 Å². The maximum Gasteiger partial charge on any atom is 0.335 e. The number of hydrogen-bond donors (Lipinski definition) is 4. The van der Waals surface area contributed by atoms with Crippen molar-refractivity contribution >= 4 is 11.9 Å². The molecule has 0 saturated heterocycles. The summed E-state index contributed by atoms with van der Waals surface area (Å²) in [5.41, 5.74) is 4.46. The molecule has 6 heteroatoms. The van der Waals surface area contributed by atoms with E-state index in [1.54, 1.807) is 0 Å². The van der Waals surface area contributed by atoms with E-state index in [0.29, 0.717) is 0 Å². The Morgan fingerprint density at radius 3 is 1.70 bits per heavy atom. The zero-order chi connectivity index (χ0) is 8.31. The first-order valence-corrected chi connectivity index (χ1v) is 2.35. The average Bonchev–Trinajstić information content (AvgIpc) is 1.84. The van der Waals surface area contributed by atoms with Gasteiger partial charge in [-0.25, -0.2) is 4.79 Å². The number of aliphatic hydroxyl groups is 2. The summed E-state index contributed by atoms with van der Waals surface area (Å²) in [7, 11) is 0. The molecule has 0 aromatic rings. The van der Waals surface area contributed by atoms with Gasteiger partial charge in [-0.1, -0.05) is 0 Å². The number of hydrogen-bond acceptors (Lipinski definition) is 4. The molecule has 10 heavy (non-hydrogen) atoms. The lowest BCUT2D eigenvalue weighted by Gasteiger charge is -2.08. The van der Waals surface area contributed by atoms with Gasteiger partial charge in [0.15, 0.2) is 12.2 Å². The number of carboxylic acids is 1. The van der Waals surface area contributed by atoms with Gasteiger partial charge in [0.05, 0.1) is 0 Å². The number of primary amides is 1. The smallest absolute Gasteiger partial charge is 0.335 e.